The summed E-state index contributed by atoms with van der Waals surface area (Å²) in [7, 11) is 0. The second kappa shape index (κ2) is 36.8. The fraction of sp³-hybridized carbons (Fsp3) is 0.500. The van der Waals surface area contributed by atoms with Gasteiger partial charge in [-0.05, 0) is 0 Å². The van der Waals surface area contributed by atoms with E-state index in [2.05, 4.69) is 0 Å². The Morgan fingerprint density at radius 3 is 0.229 bits per heavy atom. The largest absolute Gasteiger partial charge is 0.481 e. The lowest BCUT2D eigenvalue weighted by atomic mass is 10.3. The van der Waals surface area contributed by atoms with Crippen molar-refractivity contribution in [2.75, 3.05) is 0 Å². The van der Waals surface area contributed by atoms with Gasteiger partial charge in [-0.2, -0.15) is 0 Å². The van der Waals surface area contributed by atoms with E-state index < -0.39 is 71.6 Å². The molecular formula is C24H36O24. The molecule has 12 N–H and O–H groups in total. The van der Waals surface area contributed by atoms with Crippen LogP contribution in [0, 0.1) is 0 Å². The number of carboxylic acids is 12. The highest BCUT2D eigenvalue weighted by atomic mass is 16.4. The third-order valence-corrected chi connectivity index (χ3v) is 3.32. The van der Waals surface area contributed by atoms with Gasteiger partial charge in [0.2, 0.25) is 0 Å². The van der Waals surface area contributed by atoms with E-state index in [0.29, 0.717) is 0 Å². The smallest absolute Gasteiger partial charge is 0.303 e. The van der Waals surface area contributed by atoms with Crippen LogP contribution in [0.3, 0.4) is 0 Å². The SMILES string of the molecule is O=C(O)CCC(=O)O.O=C(O)CCC(=O)O.O=C(O)CCC(=O)O.O=C(O)CCC(=O)O.O=C(O)CCC(=O)O.O=C(O)CCC(=O)O. The molecule has 276 valence electrons. The summed E-state index contributed by atoms with van der Waals surface area (Å²) in [5.74, 6) is -12.9. The molecular weight excluding hydrogens is 672 g/mol. The minimum absolute atomic E-state index is 0.296. The summed E-state index contributed by atoms with van der Waals surface area (Å²) in [5.41, 5.74) is 0. The molecule has 0 spiro atoms. The lowest BCUT2D eigenvalue weighted by Gasteiger charge is -1.85. The molecule has 0 aliphatic carbocycles. The fourth-order valence-electron chi connectivity index (χ4n) is 1.28. The van der Waals surface area contributed by atoms with E-state index in [1.165, 1.54) is 0 Å². The molecule has 0 radical (unpaired) electrons. The molecule has 0 saturated carbocycles. The van der Waals surface area contributed by atoms with E-state index in [9.17, 15) is 57.5 Å². The topological polar surface area (TPSA) is 448 Å². The number of carbonyl (C=O) groups is 12. The standard InChI is InChI=1S/6C4H6O4/c6*5-3(6)1-2-4(7)8/h6*1-2H2,(H,5,6)(H,7,8). The quantitative estimate of drug-likeness (QED) is 0.0862. The molecule has 0 unspecified atom stereocenters. The third kappa shape index (κ3) is 106. The molecule has 0 aromatic rings. The van der Waals surface area contributed by atoms with Crippen LogP contribution >= 0.6 is 0 Å². The first kappa shape index (κ1) is 54.1. The maximum absolute atomic E-state index is 9.64. The number of rotatable bonds is 18. The Kier molecular flexibility index (Phi) is 41.5. The zero-order valence-electron chi connectivity index (χ0n) is 24.8. The predicted octanol–water partition coefficient (Wildman–Crippen LogP) is -0.385. The van der Waals surface area contributed by atoms with Crippen molar-refractivity contribution in [2.24, 2.45) is 0 Å². The van der Waals surface area contributed by atoms with Crippen molar-refractivity contribution >= 4 is 71.6 Å². The molecule has 0 bridgehead atoms. The normalized spacial score (nSPS) is 8.50. The molecule has 0 saturated heterocycles. The van der Waals surface area contributed by atoms with Crippen LogP contribution in [0.4, 0.5) is 0 Å². The van der Waals surface area contributed by atoms with Crippen LogP contribution in [0.1, 0.15) is 77.0 Å². The number of carboxylic acid groups (broad SMARTS) is 12. The van der Waals surface area contributed by atoms with E-state index in [-0.39, 0.29) is 77.0 Å². The van der Waals surface area contributed by atoms with Crippen LogP contribution in [0.15, 0.2) is 0 Å². The molecule has 0 rings (SSSR count). The summed E-state index contributed by atoms with van der Waals surface area (Å²) in [5, 5.41) is 94.8. The Hall–Kier alpha value is -6.36. The van der Waals surface area contributed by atoms with E-state index >= 15 is 0 Å². The lowest BCUT2D eigenvalue weighted by molar-refractivity contribution is -0.143. The maximum atomic E-state index is 9.64. The molecule has 24 heteroatoms. The predicted molar refractivity (Wildman–Crippen MR) is 147 cm³/mol. The average Bonchev–Trinajstić information content (AvgIpc) is 2.92. The highest BCUT2D eigenvalue weighted by Crippen LogP contribution is 1.89. The van der Waals surface area contributed by atoms with Gasteiger partial charge in [0.25, 0.3) is 0 Å². The zero-order valence-corrected chi connectivity index (χ0v) is 24.8. The first-order valence-electron chi connectivity index (χ1n) is 12.4. The van der Waals surface area contributed by atoms with Crippen molar-refractivity contribution in [1.82, 2.24) is 0 Å². The Balaban J connectivity index is -0.000000110. The van der Waals surface area contributed by atoms with Crippen molar-refractivity contribution in [3.63, 3.8) is 0 Å². The molecule has 48 heavy (non-hydrogen) atoms. The molecule has 0 aliphatic heterocycles. The van der Waals surface area contributed by atoms with Gasteiger partial charge in [0.05, 0.1) is 77.0 Å². The Bertz CT molecular complexity index is 773. The molecule has 0 aromatic heterocycles. The molecule has 0 heterocycles. The van der Waals surface area contributed by atoms with Crippen molar-refractivity contribution in [3.05, 3.63) is 0 Å². The van der Waals surface area contributed by atoms with Crippen molar-refractivity contribution < 1.29 is 119 Å². The van der Waals surface area contributed by atoms with E-state index in [1.807, 2.05) is 0 Å². The van der Waals surface area contributed by atoms with Gasteiger partial charge in [0.15, 0.2) is 0 Å². The van der Waals surface area contributed by atoms with E-state index in [1.54, 1.807) is 0 Å². The number of hydrogen-bond donors (Lipinski definition) is 12. The van der Waals surface area contributed by atoms with E-state index in [4.69, 9.17) is 61.3 Å². The molecule has 0 amide bonds. The molecule has 0 aliphatic rings. The minimum Gasteiger partial charge on any atom is -0.481 e. The van der Waals surface area contributed by atoms with E-state index in [0.717, 1.165) is 0 Å². The fourth-order valence-corrected chi connectivity index (χ4v) is 1.28. The maximum Gasteiger partial charge on any atom is 0.303 e. The minimum atomic E-state index is -1.08. The summed E-state index contributed by atoms with van der Waals surface area (Å²) in [6.07, 6.45) is -3.56. The van der Waals surface area contributed by atoms with Crippen LogP contribution in [-0.4, -0.2) is 133 Å². The van der Waals surface area contributed by atoms with Gasteiger partial charge >= 0.3 is 71.6 Å². The molecule has 0 fully saturated rings. The lowest BCUT2D eigenvalue weighted by Crippen LogP contribution is -2.00. The average molecular weight is 709 g/mol. The molecule has 0 atom stereocenters. The van der Waals surface area contributed by atoms with Gasteiger partial charge in [-0.3, -0.25) is 57.5 Å². The summed E-state index contributed by atoms with van der Waals surface area (Å²) >= 11 is 0. The zero-order chi connectivity index (χ0) is 39.4. The first-order chi connectivity index (χ1) is 21.8. The highest BCUT2D eigenvalue weighted by molar-refractivity contribution is 5.77. The Morgan fingerprint density at radius 2 is 0.208 bits per heavy atom. The third-order valence-electron chi connectivity index (χ3n) is 3.32. The summed E-state index contributed by atoms with van der Waals surface area (Å²) in [6.45, 7) is 0. The van der Waals surface area contributed by atoms with Crippen LogP contribution in [0.5, 0.6) is 0 Å². The molecule has 0 aromatic carbocycles. The second-order valence-corrected chi connectivity index (χ2v) is 7.72. The summed E-state index contributed by atoms with van der Waals surface area (Å²) in [4.78, 5) is 116. The van der Waals surface area contributed by atoms with Gasteiger partial charge in [-0.25, -0.2) is 0 Å². The van der Waals surface area contributed by atoms with Crippen LogP contribution < -0.4 is 0 Å². The first-order valence-corrected chi connectivity index (χ1v) is 12.4. The van der Waals surface area contributed by atoms with Crippen LogP contribution in [0.25, 0.3) is 0 Å². The Morgan fingerprint density at radius 1 is 0.167 bits per heavy atom. The second-order valence-electron chi connectivity index (χ2n) is 7.72. The van der Waals surface area contributed by atoms with Gasteiger partial charge in [0, 0.05) is 0 Å². The highest BCUT2D eigenvalue weighted by Gasteiger charge is 2.03. The van der Waals surface area contributed by atoms with Crippen LogP contribution in [-0.2, 0) is 57.5 Å². The van der Waals surface area contributed by atoms with Crippen molar-refractivity contribution in [1.29, 1.82) is 0 Å². The van der Waals surface area contributed by atoms with Crippen LogP contribution in [0.2, 0.25) is 0 Å². The van der Waals surface area contributed by atoms with Crippen molar-refractivity contribution in [2.45, 2.75) is 77.0 Å². The summed E-state index contributed by atoms with van der Waals surface area (Å²) in [6, 6.07) is 0. The number of aliphatic carboxylic acids is 12. The molecule has 24 nitrogen and oxygen atoms in total. The Labute approximate surface area is 268 Å². The van der Waals surface area contributed by atoms with Gasteiger partial charge < -0.3 is 61.3 Å². The monoisotopic (exact) mass is 708 g/mol. The summed E-state index contributed by atoms with van der Waals surface area (Å²) < 4.78 is 0. The van der Waals surface area contributed by atoms with Gasteiger partial charge in [-0.15, -0.1) is 0 Å². The van der Waals surface area contributed by atoms with Gasteiger partial charge in [0.1, 0.15) is 0 Å². The number of hydrogen-bond acceptors (Lipinski definition) is 12. The van der Waals surface area contributed by atoms with Crippen molar-refractivity contribution in [3.8, 4) is 0 Å². The van der Waals surface area contributed by atoms with Gasteiger partial charge in [-0.1, -0.05) is 0 Å².